The minimum atomic E-state index is -0.278. The van der Waals surface area contributed by atoms with Crippen LogP contribution < -0.4 is 5.73 Å². The molecule has 0 aliphatic rings. The minimum Gasteiger partial charge on any atom is -0.320 e. The Labute approximate surface area is 101 Å². The summed E-state index contributed by atoms with van der Waals surface area (Å²) in [5.41, 5.74) is 6.80. The van der Waals surface area contributed by atoms with Crippen molar-refractivity contribution in [3.63, 3.8) is 0 Å². The van der Waals surface area contributed by atoms with Crippen LogP contribution in [0.25, 0.3) is 0 Å². The second-order valence-electron chi connectivity index (χ2n) is 3.68. The van der Waals surface area contributed by atoms with Crippen molar-refractivity contribution in [3.8, 4) is 11.8 Å². The first kappa shape index (κ1) is 13.1. The van der Waals surface area contributed by atoms with Crippen LogP contribution in [0.15, 0.2) is 18.2 Å². The fraction of sp³-hybridized carbons (Fsp3) is 0.385. The zero-order chi connectivity index (χ0) is 12.0. The largest absolute Gasteiger partial charge is 0.320 e. The van der Waals surface area contributed by atoms with Gasteiger partial charge in [-0.3, -0.25) is 0 Å². The van der Waals surface area contributed by atoms with Crippen LogP contribution in [-0.4, -0.2) is 11.8 Å². The van der Waals surface area contributed by atoms with E-state index in [1.165, 1.54) is 6.07 Å². The van der Waals surface area contributed by atoms with Crippen molar-refractivity contribution < 1.29 is 4.39 Å². The molecule has 1 aromatic carbocycles. The number of nitrogens with two attached hydrogens (primary N) is 1. The molecule has 1 aromatic rings. The van der Waals surface area contributed by atoms with Gasteiger partial charge in [-0.25, -0.2) is 4.39 Å². The summed E-state index contributed by atoms with van der Waals surface area (Å²) in [5, 5.41) is 0.573. The van der Waals surface area contributed by atoms with E-state index in [1.807, 2.05) is 11.8 Å². The summed E-state index contributed by atoms with van der Waals surface area (Å²) < 4.78 is 13.3. The molecule has 0 amide bonds. The third-order valence-electron chi connectivity index (χ3n) is 1.94. The van der Waals surface area contributed by atoms with Gasteiger partial charge in [-0.15, -0.1) is 0 Å². The van der Waals surface area contributed by atoms with Crippen LogP contribution in [0.5, 0.6) is 0 Å². The molecular weight excluding hydrogens is 221 g/mol. The number of thioether (sulfide) groups is 1. The van der Waals surface area contributed by atoms with E-state index in [9.17, 15) is 4.39 Å². The molecule has 0 unspecified atom stereocenters. The summed E-state index contributed by atoms with van der Waals surface area (Å²) in [7, 11) is 0. The molecule has 0 atom stereocenters. The number of hydrogen-bond acceptors (Lipinski definition) is 2. The Kier molecular flexibility index (Phi) is 5.37. The molecule has 0 spiro atoms. The normalized spacial score (nSPS) is 10.1. The third kappa shape index (κ3) is 4.26. The van der Waals surface area contributed by atoms with E-state index in [1.54, 1.807) is 12.1 Å². The summed E-state index contributed by atoms with van der Waals surface area (Å²) in [5.74, 6) is 6.02. The highest BCUT2D eigenvalue weighted by Crippen LogP contribution is 2.19. The van der Waals surface area contributed by atoms with Gasteiger partial charge in [0.25, 0.3) is 0 Å². The van der Waals surface area contributed by atoms with Gasteiger partial charge < -0.3 is 5.73 Å². The summed E-state index contributed by atoms with van der Waals surface area (Å²) in [4.78, 5) is 0. The van der Waals surface area contributed by atoms with Gasteiger partial charge in [0.2, 0.25) is 0 Å². The van der Waals surface area contributed by atoms with Crippen molar-refractivity contribution >= 4 is 11.8 Å². The first-order chi connectivity index (χ1) is 7.63. The lowest BCUT2D eigenvalue weighted by Gasteiger charge is -2.05. The highest BCUT2D eigenvalue weighted by molar-refractivity contribution is 7.99. The van der Waals surface area contributed by atoms with Gasteiger partial charge in [0.1, 0.15) is 5.82 Å². The SMILES string of the molecule is CC(C)SCc1ccc(F)c(C#CCN)c1. The summed E-state index contributed by atoms with van der Waals surface area (Å²) in [6, 6.07) is 5.07. The Hall–Kier alpha value is -0.980. The van der Waals surface area contributed by atoms with E-state index in [0.717, 1.165) is 11.3 Å². The molecule has 0 heterocycles. The van der Waals surface area contributed by atoms with Crippen LogP contribution >= 0.6 is 11.8 Å². The molecule has 0 saturated heterocycles. The number of benzene rings is 1. The predicted molar refractivity (Wildman–Crippen MR) is 68.8 cm³/mol. The Morgan fingerprint density at radius 3 is 2.81 bits per heavy atom. The first-order valence-corrected chi connectivity index (χ1v) is 6.27. The Balaban J connectivity index is 2.81. The van der Waals surface area contributed by atoms with E-state index >= 15 is 0 Å². The number of rotatable bonds is 3. The molecule has 2 N–H and O–H groups in total. The van der Waals surface area contributed by atoms with Crippen molar-refractivity contribution in [1.82, 2.24) is 0 Å². The average Bonchev–Trinajstić information content (AvgIpc) is 2.26. The van der Waals surface area contributed by atoms with Gasteiger partial charge in [-0.1, -0.05) is 31.8 Å². The average molecular weight is 237 g/mol. The smallest absolute Gasteiger partial charge is 0.138 e. The van der Waals surface area contributed by atoms with Crippen molar-refractivity contribution in [2.24, 2.45) is 5.73 Å². The molecule has 1 nitrogen and oxygen atoms in total. The fourth-order valence-electron chi connectivity index (χ4n) is 1.17. The summed E-state index contributed by atoms with van der Waals surface area (Å²) in [6.45, 7) is 4.54. The Morgan fingerprint density at radius 1 is 1.44 bits per heavy atom. The maximum absolute atomic E-state index is 13.3. The molecule has 16 heavy (non-hydrogen) atoms. The summed E-state index contributed by atoms with van der Waals surface area (Å²) in [6.07, 6.45) is 0. The molecule has 0 aliphatic heterocycles. The fourth-order valence-corrected chi connectivity index (χ4v) is 1.87. The van der Waals surface area contributed by atoms with Crippen molar-refractivity contribution in [1.29, 1.82) is 0 Å². The third-order valence-corrected chi connectivity index (χ3v) is 3.11. The molecule has 0 saturated carbocycles. The molecule has 0 aliphatic carbocycles. The zero-order valence-corrected chi connectivity index (χ0v) is 10.4. The van der Waals surface area contributed by atoms with Gasteiger partial charge >= 0.3 is 0 Å². The van der Waals surface area contributed by atoms with E-state index in [-0.39, 0.29) is 12.4 Å². The first-order valence-electron chi connectivity index (χ1n) is 5.22. The maximum atomic E-state index is 13.3. The highest BCUT2D eigenvalue weighted by Gasteiger charge is 2.02. The van der Waals surface area contributed by atoms with E-state index < -0.39 is 0 Å². The van der Waals surface area contributed by atoms with Crippen LogP contribution in [0.1, 0.15) is 25.0 Å². The quantitative estimate of drug-likeness (QED) is 0.818. The van der Waals surface area contributed by atoms with Crippen LogP contribution in [0, 0.1) is 17.7 Å². The van der Waals surface area contributed by atoms with Gasteiger partial charge in [0, 0.05) is 5.75 Å². The van der Waals surface area contributed by atoms with Gasteiger partial charge in [0.15, 0.2) is 0 Å². The monoisotopic (exact) mass is 237 g/mol. The van der Waals surface area contributed by atoms with Crippen molar-refractivity contribution in [3.05, 3.63) is 35.1 Å². The standard InChI is InChI=1S/C13H16FNS/c1-10(2)16-9-11-5-6-13(14)12(8-11)4-3-7-15/h5-6,8,10H,7,9,15H2,1-2H3. The lowest BCUT2D eigenvalue weighted by molar-refractivity contribution is 0.624. The van der Waals surface area contributed by atoms with Crippen LogP contribution in [-0.2, 0) is 5.75 Å². The van der Waals surface area contributed by atoms with Gasteiger partial charge in [-0.05, 0) is 22.9 Å². The second-order valence-corrected chi connectivity index (χ2v) is 5.24. The van der Waals surface area contributed by atoms with Crippen molar-refractivity contribution in [2.45, 2.75) is 24.9 Å². The molecular formula is C13H16FNS. The van der Waals surface area contributed by atoms with Crippen molar-refractivity contribution in [2.75, 3.05) is 6.54 Å². The molecule has 0 bridgehead atoms. The number of halogens is 1. The summed E-state index contributed by atoms with van der Waals surface area (Å²) >= 11 is 1.83. The Morgan fingerprint density at radius 2 is 2.19 bits per heavy atom. The molecule has 0 fully saturated rings. The van der Waals surface area contributed by atoms with Crippen LogP contribution in [0.4, 0.5) is 4.39 Å². The topological polar surface area (TPSA) is 26.0 Å². The highest BCUT2D eigenvalue weighted by atomic mass is 32.2. The van der Waals surface area contributed by atoms with E-state index in [2.05, 4.69) is 25.7 Å². The molecule has 0 radical (unpaired) electrons. The van der Waals surface area contributed by atoms with E-state index in [0.29, 0.717) is 10.8 Å². The lowest BCUT2D eigenvalue weighted by Crippen LogP contribution is -1.95. The predicted octanol–water partition coefficient (Wildman–Crippen LogP) is 2.78. The lowest BCUT2D eigenvalue weighted by atomic mass is 10.1. The van der Waals surface area contributed by atoms with E-state index in [4.69, 9.17) is 5.73 Å². The Bertz CT molecular complexity index is 404. The molecule has 1 rings (SSSR count). The maximum Gasteiger partial charge on any atom is 0.138 e. The second kappa shape index (κ2) is 6.57. The van der Waals surface area contributed by atoms with Gasteiger partial charge in [-0.2, -0.15) is 11.8 Å². The zero-order valence-electron chi connectivity index (χ0n) is 9.59. The number of hydrogen-bond donors (Lipinski definition) is 1. The van der Waals surface area contributed by atoms with Crippen LogP contribution in [0.2, 0.25) is 0 Å². The van der Waals surface area contributed by atoms with Gasteiger partial charge in [0.05, 0.1) is 12.1 Å². The molecule has 3 heteroatoms. The molecule has 0 aromatic heterocycles. The minimum absolute atomic E-state index is 0.254. The van der Waals surface area contributed by atoms with Crippen LogP contribution in [0.3, 0.4) is 0 Å². The molecule has 86 valence electrons.